The van der Waals surface area contributed by atoms with E-state index in [1.807, 2.05) is 0 Å². The number of aromatic amines is 1. The Morgan fingerprint density at radius 1 is 1.21 bits per heavy atom. The molecule has 19 heavy (non-hydrogen) atoms. The molecule has 1 aliphatic carbocycles. The van der Waals surface area contributed by atoms with Crippen LogP contribution < -0.4 is 0 Å². The van der Waals surface area contributed by atoms with Crippen LogP contribution in [-0.2, 0) is 0 Å². The van der Waals surface area contributed by atoms with Crippen molar-refractivity contribution in [2.24, 2.45) is 0 Å². The van der Waals surface area contributed by atoms with Gasteiger partial charge in [-0.2, -0.15) is 5.10 Å². The van der Waals surface area contributed by atoms with Gasteiger partial charge in [0.05, 0.1) is 5.56 Å². The summed E-state index contributed by atoms with van der Waals surface area (Å²) in [6, 6.07) is 4.81. The maximum Gasteiger partial charge on any atom is 0.184 e. The fourth-order valence-electron chi connectivity index (χ4n) is 2.62. The normalized spacial score (nSPS) is 16.7. The molecule has 1 saturated carbocycles. The summed E-state index contributed by atoms with van der Waals surface area (Å²) in [6.07, 6.45) is 6.08. The van der Waals surface area contributed by atoms with Crippen molar-refractivity contribution in [2.45, 2.75) is 38.0 Å². The number of hydrogen-bond acceptors (Lipinski definition) is 2. The molecule has 0 aliphatic heterocycles. The van der Waals surface area contributed by atoms with Crippen molar-refractivity contribution in [2.75, 3.05) is 0 Å². The van der Waals surface area contributed by atoms with Crippen LogP contribution in [-0.4, -0.2) is 15.2 Å². The summed E-state index contributed by atoms with van der Waals surface area (Å²) in [5.41, 5.74) is 0.438. The standard InChI is InChI=1S/C14H15BrFN3/c15-10-6-7-12(16)11(8-10)14-17-13(18-19-14)9-4-2-1-3-5-9/h6-9H,1-5H2,(H,17,18,19). The number of halogens is 2. The number of nitrogens with one attached hydrogen (secondary N) is 1. The Hall–Kier alpha value is -1.23. The van der Waals surface area contributed by atoms with Crippen molar-refractivity contribution in [3.63, 3.8) is 0 Å². The van der Waals surface area contributed by atoms with E-state index in [1.54, 1.807) is 12.1 Å². The lowest BCUT2D eigenvalue weighted by Crippen LogP contribution is -2.06. The first-order chi connectivity index (χ1) is 9.24. The highest BCUT2D eigenvalue weighted by atomic mass is 79.9. The first-order valence-corrected chi connectivity index (χ1v) is 7.41. The minimum Gasteiger partial charge on any atom is -0.262 e. The molecule has 0 bridgehead atoms. The van der Waals surface area contributed by atoms with E-state index in [9.17, 15) is 4.39 Å². The van der Waals surface area contributed by atoms with Gasteiger partial charge in [-0.25, -0.2) is 9.37 Å². The van der Waals surface area contributed by atoms with E-state index >= 15 is 0 Å². The van der Waals surface area contributed by atoms with Gasteiger partial charge in [-0.1, -0.05) is 35.2 Å². The molecule has 0 amide bonds. The number of hydrogen-bond donors (Lipinski definition) is 1. The molecule has 1 aromatic heterocycles. The smallest absolute Gasteiger partial charge is 0.184 e. The van der Waals surface area contributed by atoms with Crippen LogP contribution >= 0.6 is 15.9 Å². The van der Waals surface area contributed by atoms with Gasteiger partial charge in [0.2, 0.25) is 0 Å². The Morgan fingerprint density at radius 2 is 2.00 bits per heavy atom. The van der Waals surface area contributed by atoms with Crippen molar-refractivity contribution in [3.05, 3.63) is 34.3 Å². The summed E-state index contributed by atoms with van der Waals surface area (Å²) in [5.74, 6) is 1.50. The van der Waals surface area contributed by atoms with E-state index in [-0.39, 0.29) is 5.82 Å². The second kappa shape index (κ2) is 5.41. The summed E-state index contributed by atoms with van der Waals surface area (Å²) < 4.78 is 14.6. The van der Waals surface area contributed by atoms with Crippen LogP contribution in [0.5, 0.6) is 0 Å². The third-order valence-electron chi connectivity index (χ3n) is 3.66. The molecule has 0 atom stereocenters. The highest BCUT2D eigenvalue weighted by Gasteiger charge is 2.20. The van der Waals surface area contributed by atoms with Crippen LogP contribution in [0.4, 0.5) is 4.39 Å². The zero-order valence-electron chi connectivity index (χ0n) is 10.5. The fourth-order valence-corrected chi connectivity index (χ4v) is 2.98. The van der Waals surface area contributed by atoms with Crippen molar-refractivity contribution in [1.29, 1.82) is 0 Å². The van der Waals surface area contributed by atoms with Crippen LogP contribution in [0.3, 0.4) is 0 Å². The monoisotopic (exact) mass is 323 g/mol. The first kappa shape index (κ1) is 12.8. The molecule has 5 heteroatoms. The minimum atomic E-state index is -0.294. The van der Waals surface area contributed by atoms with Crippen molar-refractivity contribution in [3.8, 4) is 11.4 Å². The van der Waals surface area contributed by atoms with Gasteiger partial charge < -0.3 is 0 Å². The van der Waals surface area contributed by atoms with E-state index in [1.165, 1.54) is 25.3 Å². The fraction of sp³-hybridized carbons (Fsp3) is 0.429. The van der Waals surface area contributed by atoms with E-state index in [2.05, 4.69) is 31.1 Å². The summed E-state index contributed by atoms with van der Waals surface area (Å²) >= 11 is 3.34. The molecule has 2 aromatic rings. The number of aromatic nitrogens is 3. The molecule has 3 rings (SSSR count). The van der Waals surface area contributed by atoms with Crippen LogP contribution in [0.1, 0.15) is 43.8 Å². The predicted octanol–water partition coefficient (Wildman–Crippen LogP) is 4.42. The molecule has 1 fully saturated rings. The molecule has 1 aromatic carbocycles. The lowest BCUT2D eigenvalue weighted by molar-refractivity contribution is 0.429. The third-order valence-corrected chi connectivity index (χ3v) is 4.16. The molecule has 0 radical (unpaired) electrons. The van der Waals surface area contributed by atoms with E-state index in [0.29, 0.717) is 17.3 Å². The Balaban J connectivity index is 1.89. The van der Waals surface area contributed by atoms with Gasteiger partial charge in [-0.15, -0.1) is 0 Å². The summed E-state index contributed by atoms with van der Waals surface area (Å²) in [4.78, 5) is 4.48. The van der Waals surface area contributed by atoms with Gasteiger partial charge in [-0.05, 0) is 31.0 Å². The summed E-state index contributed by atoms with van der Waals surface area (Å²) in [5, 5.41) is 7.14. The summed E-state index contributed by atoms with van der Waals surface area (Å²) in [7, 11) is 0. The molecule has 0 unspecified atom stereocenters. The highest BCUT2D eigenvalue weighted by molar-refractivity contribution is 9.10. The van der Waals surface area contributed by atoms with Gasteiger partial charge in [0.15, 0.2) is 5.82 Å². The second-order valence-corrected chi connectivity index (χ2v) is 5.92. The Morgan fingerprint density at radius 3 is 2.79 bits per heavy atom. The zero-order valence-corrected chi connectivity index (χ0v) is 12.1. The SMILES string of the molecule is Fc1ccc(Br)cc1-c1n[nH]c(C2CCCCC2)n1. The second-order valence-electron chi connectivity index (χ2n) is 5.00. The van der Waals surface area contributed by atoms with Crippen molar-refractivity contribution < 1.29 is 4.39 Å². The maximum atomic E-state index is 13.8. The van der Waals surface area contributed by atoms with Crippen LogP contribution in [0.25, 0.3) is 11.4 Å². The Kier molecular flexibility index (Phi) is 3.64. The Labute approximate surface area is 119 Å². The molecule has 1 heterocycles. The third kappa shape index (κ3) is 2.71. The van der Waals surface area contributed by atoms with Gasteiger partial charge >= 0.3 is 0 Å². The number of nitrogens with zero attached hydrogens (tertiary/aromatic N) is 2. The van der Waals surface area contributed by atoms with Crippen LogP contribution in [0.15, 0.2) is 22.7 Å². The molecular formula is C14H15BrFN3. The number of rotatable bonds is 2. The van der Waals surface area contributed by atoms with E-state index in [4.69, 9.17) is 0 Å². The predicted molar refractivity (Wildman–Crippen MR) is 75.3 cm³/mol. The molecule has 1 aliphatic rings. The minimum absolute atomic E-state index is 0.294. The van der Waals surface area contributed by atoms with Crippen LogP contribution in [0.2, 0.25) is 0 Å². The molecule has 100 valence electrons. The van der Waals surface area contributed by atoms with Gasteiger partial charge in [-0.3, -0.25) is 5.10 Å². The summed E-state index contributed by atoms with van der Waals surface area (Å²) in [6.45, 7) is 0. The molecule has 3 nitrogen and oxygen atoms in total. The topological polar surface area (TPSA) is 41.6 Å². The van der Waals surface area contributed by atoms with Crippen LogP contribution in [0, 0.1) is 5.82 Å². The molecule has 1 N–H and O–H groups in total. The lowest BCUT2D eigenvalue weighted by Gasteiger charge is -2.18. The van der Waals surface area contributed by atoms with E-state index < -0.39 is 0 Å². The van der Waals surface area contributed by atoms with E-state index in [0.717, 1.165) is 23.1 Å². The number of benzene rings is 1. The lowest BCUT2D eigenvalue weighted by atomic mass is 9.89. The quantitative estimate of drug-likeness (QED) is 0.888. The molecular weight excluding hydrogens is 309 g/mol. The zero-order chi connectivity index (χ0) is 13.2. The average Bonchev–Trinajstić information content (AvgIpc) is 2.92. The first-order valence-electron chi connectivity index (χ1n) is 6.62. The van der Waals surface area contributed by atoms with Crippen molar-refractivity contribution >= 4 is 15.9 Å². The molecule has 0 saturated heterocycles. The molecule has 0 spiro atoms. The van der Waals surface area contributed by atoms with Gasteiger partial charge in [0, 0.05) is 10.4 Å². The average molecular weight is 324 g/mol. The maximum absolute atomic E-state index is 13.8. The Bertz CT molecular complexity index is 576. The highest BCUT2D eigenvalue weighted by Crippen LogP contribution is 2.32. The number of H-pyrrole nitrogens is 1. The van der Waals surface area contributed by atoms with Crippen molar-refractivity contribution in [1.82, 2.24) is 15.2 Å². The van der Waals surface area contributed by atoms with Gasteiger partial charge in [0.25, 0.3) is 0 Å². The van der Waals surface area contributed by atoms with Gasteiger partial charge in [0.1, 0.15) is 11.6 Å². The largest absolute Gasteiger partial charge is 0.262 e.